The first kappa shape index (κ1) is 18.3. The molecule has 1 aromatic rings. The van der Waals surface area contributed by atoms with Gasteiger partial charge in [0.2, 0.25) is 15.9 Å². The highest BCUT2D eigenvalue weighted by Crippen LogP contribution is 2.37. The van der Waals surface area contributed by atoms with Crippen LogP contribution in [0.5, 0.6) is 0 Å². The Hall–Kier alpha value is -1.48. The van der Waals surface area contributed by atoms with E-state index in [0.29, 0.717) is 25.4 Å². The number of anilines is 1. The summed E-state index contributed by atoms with van der Waals surface area (Å²) in [5.41, 5.74) is 0.503. The number of hydrogen-bond donors (Lipinski definition) is 2. The van der Waals surface area contributed by atoms with E-state index in [1.54, 1.807) is 12.1 Å². The van der Waals surface area contributed by atoms with Crippen LogP contribution in [0.3, 0.4) is 0 Å². The monoisotopic (exact) mass is 367 g/mol. The van der Waals surface area contributed by atoms with Crippen molar-refractivity contribution in [3.8, 4) is 0 Å². The average molecular weight is 367 g/mol. The second-order valence-corrected chi connectivity index (χ2v) is 8.47. The maximum Gasteiger partial charge on any atom is 0.240 e. The highest BCUT2D eigenvalue weighted by atomic mass is 32.2. The van der Waals surface area contributed by atoms with Gasteiger partial charge < -0.3 is 10.1 Å². The molecule has 7 nitrogen and oxygen atoms in total. The molecule has 0 atom stereocenters. The number of rotatable bonds is 6. The molecule has 8 heteroatoms. The predicted molar refractivity (Wildman–Crippen MR) is 94.9 cm³/mol. The van der Waals surface area contributed by atoms with Gasteiger partial charge in [-0.05, 0) is 43.5 Å². The molecule has 1 saturated carbocycles. The molecule has 0 unspecified atom stereocenters. The molecule has 1 aromatic carbocycles. The van der Waals surface area contributed by atoms with Crippen LogP contribution < -0.4 is 10.0 Å². The Kier molecular flexibility index (Phi) is 5.43. The number of nitrogens with zero attached hydrogens (tertiary/aromatic N) is 1. The van der Waals surface area contributed by atoms with Crippen molar-refractivity contribution in [1.29, 1.82) is 0 Å². The van der Waals surface area contributed by atoms with Crippen LogP contribution >= 0.6 is 0 Å². The molecule has 1 saturated heterocycles. The van der Waals surface area contributed by atoms with Gasteiger partial charge in [0.1, 0.15) is 0 Å². The Morgan fingerprint density at radius 2 is 1.84 bits per heavy atom. The minimum Gasteiger partial charge on any atom is -0.379 e. The number of morpholine rings is 1. The average Bonchev–Trinajstić information content (AvgIpc) is 2.55. The lowest BCUT2D eigenvalue weighted by atomic mass is 9.75. The van der Waals surface area contributed by atoms with Crippen LogP contribution in [0, 0.1) is 0 Å². The largest absolute Gasteiger partial charge is 0.379 e. The van der Waals surface area contributed by atoms with E-state index >= 15 is 0 Å². The fourth-order valence-electron chi connectivity index (χ4n) is 3.46. The van der Waals surface area contributed by atoms with Crippen LogP contribution in [0.1, 0.15) is 26.2 Å². The molecule has 138 valence electrons. The van der Waals surface area contributed by atoms with Crippen molar-refractivity contribution < 1.29 is 17.9 Å². The van der Waals surface area contributed by atoms with Gasteiger partial charge in [0.05, 0.1) is 18.1 Å². The van der Waals surface area contributed by atoms with Gasteiger partial charge in [0.15, 0.2) is 0 Å². The van der Waals surface area contributed by atoms with Crippen molar-refractivity contribution >= 4 is 21.6 Å². The van der Waals surface area contributed by atoms with Gasteiger partial charge in [0.25, 0.3) is 0 Å². The van der Waals surface area contributed by atoms with Gasteiger partial charge in [-0.3, -0.25) is 9.69 Å². The maximum atomic E-state index is 12.6. The summed E-state index contributed by atoms with van der Waals surface area (Å²) >= 11 is 0. The normalized spacial score (nSPS) is 20.7. The van der Waals surface area contributed by atoms with Crippen molar-refractivity contribution in [2.24, 2.45) is 0 Å². The molecule has 0 radical (unpaired) electrons. The summed E-state index contributed by atoms with van der Waals surface area (Å²) in [6.45, 7) is 4.96. The molecule has 1 heterocycles. The summed E-state index contributed by atoms with van der Waals surface area (Å²) in [5.74, 6) is -0.189. The molecule has 1 amide bonds. The Balaban J connectivity index is 1.65. The van der Waals surface area contributed by atoms with E-state index in [1.807, 2.05) is 0 Å². The Labute approximate surface area is 148 Å². The molecule has 0 aromatic heterocycles. The third-order valence-corrected chi connectivity index (χ3v) is 6.46. The maximum absolute atomic E-state index is 12.6. The second-order valence-electron chi connectivity index (χ2n) is 6.71. The van der Waals surface area contributed by atoms with Gasteiger partial charge >= 0.3 is 0 Å². The highest BCUT2D eigenvalue weighted by Gasteiger charge is 2.43. The molecule has 2 fully saturated rings. The molecule has 0 spiro atoms. The third kappa shape index (κ3) is 4.20. The summed E-state index contributed by atoms with van der Waals surface area (Å²) in [5, 5.41) is 2.63. The number of nitrogens with one attached hydrogen (secondary N) is 2. The number of carbonyl (C=O) groups excluding carboxylic acids is 1. The number of carbonyl (C=O) groups is 1. The van der Waals surface area contributed by atoms with E-state index in [1.165, 1.54) is 19.1 Å². The quantitative estimate of drug-likeness (QED) is 0.788. The van der Waals surface area contributed by atoms with Gasteiger partial charge in [0, 0.05) is 37.8 Å². The number of benzene rings is 1. The first-order chi connectivity index (χ1) is 11.9. The molecular formula is C17H25N3O4S. The lowest BCUT2D eigenvalue weighted by molar-refractivity contribution is -0.114. The fourth-order valence-corrected chi connectivity index (χ4v) is 4.58. The summed E-state index contributed by atoms with van der Waals surface area (Å²) < 4.78 is 33.4. The minimum atomic E-state index is -3.57. The molecule has 25 heavy (non-hydrogen) atoms. The van der Waals surface area contributed by atoms with Gasteiger partial charge in [-0.2, -0.15) is 0 Å². The third-order valence-electron chi connectivity index (χ3n) is 5.04. The first-order valence-electron chi connectivity index (χ1n) is 8.61. The van der Waals surface area contributed by atoms with E-state index in [0.717, 1.165) is 32.4 Å². The number of hydrogen-bond acceptors (Lipinski definition) is 5. The predicted octanol–water partition coefficient (Wildman–Crippen LogP) is 1.18. The summed E-state index contributed by atoms with van der Waals surface area (Å²) in [6.07, 6.45) is 3.15. The zero-order valence-electron chi connectivity index (χ0n) is 14.5. The van der Waals surface area contributed by atoms with Gasteiger partial charge in [-0.1, -0.05) is 0 Å². The second kappa shape index (κ2) is 7.41. The highest BCUT2D eigenvalue weighted by molar-refractivity contribution is 7.89. The summed E-state index contributed by atoms with van der Waals surface area (Å²) in [7, 11) is -3.57. The minimum absolute atomic E-state index is 0.0764. The molecule has 2 N–H and O–H groups in total. The molecular weight excluding hydrogens is 342 g/mol. The van der Waals surface area contributed by atoms with Crippen molar-refractivity contribution in [1.82, 2.24) is 9.62 Å². The van der Waals surface area contributed by atoms with Crippen molar-refractivity contribution in [3.63, 3.8) is 0 Å². The number of ether oxygens (including phenoxy) is 1. The molecule has 1 aliphatic carbocycles. The fraction of sp³-hybridized carbons (Fsp3) is 0.588. The Bertz CT molecular complexity index is 708. The first-order valence-corrected chi connectivity index (χ1v) is 10.1. The molecule has 0 bridgehead atoms. The van der Waals surface area contributed by atoms with Crippen molar-refractivity contribution in [2.45, 2.75) is 36.6 Å². The lowest BCUT2D eigenvalue weighted by Gasteiger charge is -2.51. The van der Waals surface area contributed by atoms with Crippen LogP contribution in [-0.2, 0) is 19.6 Å². The standard InChI is InChI=1S/C17H25N3O4S/c1-14(21)19-15-3-5-16(6-4-15)25(22,23)18-13-17(7-2-8-17)20-9-11-24-12-10-20/h3-6,18H,2,7-13H2,1H3,(H,19,21). The molecule has 1 aliphatic heterocycles. The van der Waals surface area contributed by atoms with E-state index in [-0.39, 0.29) is 16.3 Å². The molecule has 3 rings (SSSR count). The van der Waals surface area contributed by atoms with E-state index in [9.17, 15) is 13.2 Å². The van der Waals surface area contributed by atoms with Gasteiger partial charge in [-0.15, -0.1) is 0 Å². The topological polar surface area (TPSA) is 87.7 Å². The van der Waals surface area contributed by atoms with E-state index < -0.39 is 10.0 Å². The van der Waals surface area contributed by atoms with Crippen LogP contribution in [0.4, 0.5) is 5.69 Å². The smallest absolute Gasteiger partial charge is 0.240 e. The van der Waals surface area contributed by atoms with E-state index in [4.69, 9.17) is 4.74 Å². The van der Waals surface area contributed by atoms with Crippen LogP contribution in [0.15, 0.2) is 29.2 Å². The summed E-state index contributed by atoms with van der Waals surface area (Å²) in [4.78, 5) is 13.6. The SMILES string of the molecule is CC(=O)Nc1ccc(S(=O)(=O)NCC2(N3CCOCC3)CCC2)cc1. The van der Waals surface area contributed by atoms with E-state index in [2.05, 4.69) is 14.9 Å². The zero-order chi connectivity index (χ0) is 17.9. The van der Waals surface area contributed by atoms with Crippen LogP contribution in [-0.4, -0.2) is 57.6 Å². The van der Waals surface area contributed by atoms with Crippen molar-refractivity contribution in [2.75, 3.05) is 38.2 Å². The number of sulfonamides is 1. The Morgan fingerprint density at radius 3 is 2.36 bits per heavy atom. The van der Waals surface area contributed by atoms with Crippen LogP contribution in [0.2, 0.25) is 0 Å². The Morgan fingerprint density at radius 1 is 1.20 bits per heavy atom. The van der Waals surface area contributed by atoms with Crippen molar-refractivity contribution in [3.05, 3.63) is 24.3 Å². The number of amides is 1. The summed E-state index contributed by atoms with van der Waals surface area (Å²) in [6, 6.07) is 6.21. The zero-order valence-corrected chi connectivity index (χ0v) is 15.3. The van der Waals surface area contributed by atoms with Crippen LogP contribution in [0.25, 0.3) is 0 Å². The molecule has 2 aliphatic rings. The van der Waals surface area contributed by atoms with Gasteiger partial charge in [-0.25, -0.2) is 13.1 Å². The lowest BCUT2D eigenvalue weighted by Crippen LogP contribution is -2.62.